The Morgan fingerprint density at radius 2 is 1.86 bits per heavy atom. The third-order valence-electron chi connectivity index (χ3n) is 4.02. The Kier molecular flexibility index (Phi) is 6.57. The quantitative estimate of drug-likeness (QED) is 0.355. The van der Waals surface area contributed by atoms with E-state index in [0.717, 1.165) is 0 Å². The third-order valence-corrected chi connectivity index (χ3v) is 4.31. The lowest BCUT2D eigenvalue weighted by Crippen LogP contribution is -1.97. The molecule has 7 heteroatoms. The maximum absolute atomic E-state index is 13.2. The molecule has 0 saturated heterocycles. The number of benzene rings is 2. The maximum atomic E-state index is 13.2. The molecule has 0 amide bonds. The van der Waals surface area contributed by atoms with Gasteiger partial charge in [-0.05, 0) is 54.6 Å². The number of ether oxygens (including phenoxy) is 3. The van der Waals surface area contributed by atoms with Gasteiger partial charge in [0.2, 0.25) is 0 Å². The highest BCUT2D eigenvalue weighted by Crippen LogP contribution is 2.28. The Hall–Kier alpha value is -3.25. The van der Waals surface area contributed by atoms with E-state index in [-0.39, 0.29) is 17.4 Å². The molecule has 0 unspecified atom stereocenters. The highest BCUT2D eigenvalue weighted by atomic mass is 35.5. The molecule has 150 valence electrons. The Bertz CT molecular complexity index is 1040. The lowest BCUT2D eigenvalue weighted by atomic mass is 10.1. The van der Waals surface area contributed by atoms with Gasteiger partial charge in [0.25, 0.3) is 0 Å². The number of hydrogen-bond acceptors (Lipinski definition) is 5. The van der Waals surface area contributed by atoms with Gasteiger partial charge in [0, 0.05) is 11.6 Å². The minimum absolute atomic E-state index is 0.0146. The van der Waals surface area contributed by atoms with Crippen LogP contribution in [0.1, 0.15) is 21.9 Å². The molecule has 0 N–H and O–H groups in total. The smallest absolute Gasteiger partial charge is 0.186 e. The van der Waals surface area contributed by atoms with Gasteiger partial charge in [-0.15, -0.1) is 0 Å². The molecule has 2 aromatic carbocycles. The fraction of sp³-hybridized carbons (Fsp3) is 0.136. The van der Waals surface area contributed by atoms with E-state index in [1.54, 1.807) is 36.4 Å². The molecule has 5 nitrogen and oxygen atoms in total. The summed E-state index contributed by atoms with van der Waals surface area (Å²) in [5, 5.41) is -0.0146. The number of carbonyl (C=O) groups excluding carboxylic acids is 1. The second-order valence-electron chi connectivity index (χ2n) is 5.94. The standard InChI is InChI=1S/C22H18ClFO5/c1-26-21-10-3-14(11-22(21)27-2)20(25)9-7-15-4-5-17(29-15)13-28-16-6-8-19(24)18(23)12-16/h3-12H,13H2,1-2H3/b9-7+. The summed E-state index contributed by atoms with van der Waals surface area (Å²) in [6.45, 7) is 0.138. The van der Waals surface area contributed by atoms with E-state index in [1.165, 1.54) is 38.5 Å². The zero-order valence-electron chi connectivity index (χ0n) is 15.8. The summed E-state index contributed by atoms with van der Waals surface area (Å²) in [6, 6.07) is 12.5. The third kappa shape index (κ3) is 5.18. The Morgan fingerprint density at radius 1 is 1.07 bits per heavy atom. The van der Waals surface area contributed by atoms with Crippen molar-refractivity contribution in [3.05, 3.63) is 82.5 Å². The van der Waals surface area contributed by atoms with Crippen molar-refractivity contribution in [2.75, 3.05) is 14.2 Å². The van der Waals surface area contributed by atoms with Crippen LogP contribution in [0.5, 0.6) is 17.2 Å². The fourth-order valence-corrected chi connectivity index (χ4v) is 2.70. The predicted molar refractivity (Wildman–Crippen MR) is 107 cm³/mol. The molecule has 0 spiro atoms. The number of carbonyl (C=O) groups is 1. The number of halogens is 2. The van der Waals surface area contributed by atoms with E-state index in [1.807, 2.05) is 0 Å². The molecule has 0 aliphatic rings. The van der Waals surface area contributed by atoms with Gasteiger partial charge >= 0.3 is 0 Å². The van der Waals surface area contributed by atoms with Crippen LogP contribution in [-0.2, 0) is 6.61 Å². The first-order valence-corrected chi connectivity index (χ1v) is 8.99. The highest BCUT2D eigenvalue weighted by Gasteiger charge is 2.09. The van der Waals surface area contributed by atoms with Crippen LogP contribution in [0.4, 0.5) is 4.39 Å². The molecule has 3 rings (SSSR count). The van der Waals surface area contributed by atoms with Crippen LogP contribution in [0, 0.1) is 5.82 Å². The summed E-state index contributed by atoms with van der Waals surface area (Å²) in [6.07, 6.45) is 2.97. The maximum Gasteiger partial charge on any atom is 0.186 e. The summed E-state index contributed by atoms with van der Waals surface area (Å²) in [5.74, 6) is 1.77. The Morgan fingerprint density at radius 3 is 2.59 bits per heavy atom. The van der Waals surface area contributed by atoms with E-state index in [2.05, 4.69) is 0 Å². The lowest BCUT2D eigenvalue weighted by molar-refractivity contribution is 0.104. The highest BCUT2D eigenvalue weighted by molar-refractivity contribution is 6.30. The average Bonchev–Trinajstić information content (AvgIpc) is 3.20. The molecular formula is C22H18ClFO5. The second kappa shape index (κ2) is 9.30. The van der Waals surface area contributed by atoms with Crippen LogP contribution in [-0.4, -0.2) is 20.0 Å². The monoisotopic (exact) mass is 416 g/mol. The van der Waals surface area contributed by atoms with E-state index >= 15 is 0 Å². The first-order chi connectivity index (χ1) is 14.0. The first-order valence-electron chi connectivity index (χ1n) is 8.61. The second-order valence-corrected chi connectivity index (χ2v) is 6.34. The molecule has 1 heterocycles. The van der Waals surface area contributed by atoms with Crippen molar-refractivity contribution >= 4 is 23.5 Å². The number of furan rings is 1. The number of hydrogen-bond donors (Lipinski definition) is 0. The van der Waals surface area contributed by atoms with Crippen molar-refractivity contribution in [3.63, 3.8) is 0 Å². The van der Waals surface area contributed by atoms with Gasteiger partial charge in [-0.3, -0.25) is 4.79 Å². The number of allylic oxidation sites excluding steroid dienone is 1. The van der Waals surface area contributed by atoms with Gasteiger partial charge in [0.05, 0.1) is 19.2 Å². The van der Waals surface area contributed by atoms with Gasteiger partial charge in [0.1, 0.15) is 29.7 Å². The molecule has 0 saturated carbocycles. The molecule has 0 atom stereocenters. The van der Waals surface area contributed by atoms with Gasteiger partial charge < -0.3 is 18.6 Å². The van der Waals surface area contributed by atoms with Gasteiger partial charge in [0.15, 0.2) is 17.3 Å². The molecule has 0 bridgehead atoms. The minimum Gasteiger partial charge on any atom is -0.493 e. The zero-order valence-corrected chi connectivity index (χ0v) is 16.5. The molecule has 29 heavy (non-hydrogen) atoms. The minimum atomic E-state index is -0.511. The molecule has 0 fully saturated rings. The van der Waals surface area contributed by atoms with Crippen molar-refractivity contribution in [3.8, 4) is 17.2 Å². The molecule has 0 aliphatic carbocycles. The fourth-order valence-electron chi connectivity index (χ4n) is 2.53. The summed E-state index contributed by atoms with van der Waals surface area (Å²) in [4.78, 5) is 12.4. The lowest BCUT2D eigenvalue weighted by Gasteiger charge is -2.07. The van der Waals surface area contributed by atoms with Crippen molar-refractivity contribution < 1.29 is 27.8 Å². The average molecular weight is 417 g/mol. The zero-order chi connectivity index (χ0) is 20.8. The predicted octanol–water partition coefficient (Wildman–Crippen LogP) is 5.56. The van der Waals surface area contributed by atoms with Gasteiger partial charge in [-0.1, -0.05) is 11.6 Å². The molecule has 3 aromatic rings. The van der Waals surface area contributed by atoms with Crippen molar-refractivity contribution in [1.82, 2.24) is 0 Å². The van der Waals surface area contributed by atoms with Crippen LogP contribution in [0.15, 0.2) is 59.0 Å². The summed E-state index contributed by atoms with van der Waals surface area (Å²) >= 11 is 5.72. The Labute approximate surface area is 172 Å². The summed E-state index contributed by atoms with van der Waals surface area (Å²) < 4.78 is 34.7. The molecule has 0 aliphatic heterocycles. The van der Waals surface area contributed by atoms with Crippen LogP contribution in [0.3, 0.4) is 0 Å². The van der Waals surface area contributed by atoms with Crippen molar-refractivity contribution in [1.29, 1.82) is 0 Å². The van der Waals surface area contributed by atoms with Crippen LogP contribution in [0.25, 0.3) is 6.08 Å². The Balaban J connectivity index is 1.62. The topological polar surface area (TPSA) is 57.9 Å². The van der Waals surface area contributed by atoms with E-state index in [4.69, 9.17) is 30.2 Å². The van der Waals surface area contributed by atoms with Crippen LogP contribution < -0.4 is 14.2 Å². The van der Waals surface area contributed by atoms with Gasteiger partial charge in [-0.2, -0.15) is 0 Å². The number of rotatable bonds is 8. The number of methoxy groups -OCH3 is 2. The molecule has 0 radical (unpaired) electrons. The summed E-state index contributed by atoms with van der Waals surface area (Å²) in [5.41, 5.74) is 0.460. The molecule has 1 aromatic heterocycles. The van der Waals surface area contributed by atoms with E-state index in [9.17, 15) is 9.18 Å². The van der Waals surface area contributed by atoms with E-state index in [0.29, 0.717) is 34.3 Å². The normalized spacial score (nSPS) is 10.9. The van der Waals surface area contributed by atoms with Crippen LogP contribution in [0.2, 0.25) is 5.02 Å². The SMILES string of the molecule is COc1ccc(C(=O)/C=C/c2ccc(COc3ccc(F)c(Cl)c3)o2)cc1OC. The van der Waals surface area contributed by atoms with E-state index < -0.39 is 5.82 Å². The molecular weight excluding hydrogens is 399 g/mol. The van der Waals surface area contributed by atoms with Crippen LogP contribution >= 0.6 is 11.6 Å². The van der Waals surface area contributed by atoms with Crippen molar-refractivity contribution in [2.24, 2.45) is 0 Å². The van der Waals surface area contributed by atoms with Gasteiger partial charge in [-0.25, -0.2) is 4.39 Å². The largest absolute Gasteiger partial charge is 0.493 e. The summed E-state index contributed by atoms with van der Waals surface area (Å²) in [7, 11) is 3.04. The number of ketones is 1. The van der Waals surface area contributed by atoms with Crippen molar-refractivity contribution in [2.45, 2.75) is 6.61 Å². The first kappa shape index (κ1) is 20.5.